The van der Waals surface area contributed by atoms with Gasteiger partial charge < -0.3 is 11.1 Å². The number of pyridine rings is 1. The molecule has 0 aliphatic rings. The van der Waals surface area contributed by atoms with Crippen molar-refractivity contribution in [1.29, 1.82) is 0 Å². The third-order valence-electron chi connectivity index (χ3n) is 2.11. The molecule has 6 nitrogen and oxygen atoms in total. The van der Waals surface area contributed by atoms with Crippen LogP contribution < -0.4 is 11.1 Å². The maximum atomic E-state index is 11.7. The van der Waals surface area contributed by atoms with Crippen LogP contribution in [0, 0.1) is 6.92 Å². The molecule has 0 saturated carbocycles. The molecule has 17 heavy (non-hydrogen) atoms. The Morgan fingerprint density at radius 2 is 2.29 bits per heavy atom. The fraction of sp³-hybridized carbons (Fsp3) is 0.100. The lowest BCUT2D eigenvalue weighted by atomic mass is 10.3. The van der Waals surface area contributed by atoms with E-state index in [9.17, 15) is 4.79 Å². The van der Waals surface area contributed by atoms with E-state index >= 15 is 0 Å². The van der Waals surface area contributed by atoms with Crippen LogP contribution >= 0.6 is 15.9 Å². The molecule has 0 aliphatic carbocycles. The van der Waals surface area contributed by atoms with Crippen molar-refractivity contribution in [1.82, 2.24) is 15.2 Å². The Hall–Kier alpha value is -1.89. The molecule has 0 unspecified atom stereocenters. The zero-order valence-electron chi connectivity index (χ0n) is 8.99. The van der Waals surface area contributed by atoms with Crippen LogP contribution in [0.15, 0.2) is 22.9 Å². The van der Waals surface area contributed by atoms with Gasteiger partial charge in [-0.05, 0) is 34.5 Å². The average Bonchev–Trinajstić information content (AvgIpc) is 2.70. The highest BCUT2D eigenvalue weighted by atomic mass is 79.9. The number of carbonyl (C=O) groups is 1. The Kier molecular flexibility index (Phi) is 3.10. The van der Waals surface area contributed by atoms with Crippen molar-refractivity contribution >= 4 is 33.3 Å². The van der Waals surface area contributed by atoms with E-state index in [2.05, 4.69) is 36.4 Å². The highest BCUT2D eigenvalue weighted by molar-refractivity contribution is 9.10. The van der Waals surface area contributed by atoms with Gasteiger partial charge in [0.2, 0.25) is 0 Å². The third-order valence-corrected chi connectivity index (χ3v) is 2.94. The number of aryl methyl sites for hydroxylation is 1. The van der Waals surface area contributed by atoms with Crippen molar-refractivity contribution in [2.24, 2.45) is 0 Å². The van der Waals surface area contributed by atoms with Gasteiger partial charge in [-0.3, -0.25) is 9.89 Å². The SMILES string of the molecule is Cc1cc(NC(=O)c2cc(N)n[nH]2)cnc1Br. The van der Waals surface area contributed by atoms with Crippen molar-refractivity contribution in [2.45, 2.75) is 6.92 Å². The molecule has 0 atom stereocenters. The average molecular weight is 296 g/mol. The molecule has 2 aromatic heterocycles. The minimum atomic E-state index is -0.308. The van der Waals surface area contributed by atoms with Gasteiger partial charge in [0.25, 0.3) is 5.91 Å². The Morgan fingerprint density at radius 1 is 1.53 bits per heavy atom. The maximum absolute atomic E-state index is 11.7. The zero-order valence-corrected chi connectivity index (χ0v) is 10.6. The molecule has 4 N–H and O–H groups in total. The number of aromatic nitrogens is 3. The molecule has 88 valence electrons. The molecule has 1 amide bonds. The largest absolute Gasteiger partial charge is 0.382 e. The topological polar surface area (TPSA) is 96.7 Å². The summed E-state index contributed by atoms with van der Waals surface area (Å²) in [5.41, 5.74) is 7.27. The number of nitrogen functional groups attached to an aromatic ring is 1. The first-order chi connectivity index (χ1) is 8.06. The lowest BCUT2D eigenvalue weighted by Gasteiger charge is -2.04. The van der Waals surface area contributed by atoms with Crippen molar-refractivity contribution in [2.75, 3.05) is 11.1 Å². The van der Waals surface area contributed by atoms with Gasteiger partial charge in [0.05, 0.1) is 11.9 Å². The van der Waals surface area contributed by atoms with Gasteiger partial charge in [-0.2, -0.15) is 5.10 Å². The van der Waals surface area contributed by atoms with Crippen molar-refractivity contribution < 1.29 is 4.79 Å². The molecule has 0 radical (unpaired) electrons. The van der Waals surface area contributed by atoms with E-state index in [1.807, 2.05) is 13.0 Å². The summed E-state index contributed by atoms with van der Waals surface area (Å²) in [5.74, 6) is -0.0296. The van der Waals surface area contributed by atoms with Crippen molar-refractivity contribution in [3.8, 4) is 0 Å². The molecule has 0 aromatic carbocycles. The summed E-state index contributed by atoms with van der Waals surface area (Å²) >= 11 is 3.29. The molecule has 0 saturated heterocycles. The molecular formula is C10H10BrN5O. The van der Waals surface area contributed by atoms with Crippen molar-refractivity contribution in [3.05, 3.63) is 34.2 Å². The lowest BCUT2D eigenvalue weighted by molar-refractivity contribution is 0.102. The number of carbonyl (C=O) groups excluding carboxylic acids is 1. The summed E-state index contributed by atoms with van der Waals surface area (Å²) < 4.78 is 0.751. The quantitative estimate of drug-likeness (QED) is 0.735. The summed E-state index contributed by atoms with van der Waals surface area (Å²) in [6.07, 6.45) is 1.56. The van der Waals surface area contributed by atoms with E-state index in [1.54, 1.807) is 6.20 Å². The molecule has 7 heteroatoms. The van der Waals surface area contributed by atoms with Crippen LogP contribution in [-0.2, 0) is 0 Å². The summed E-state index contributed by atoms with van der Waals surface area (Å²) in [5, 5.41) is 8.91. The normalized spacial score (nSPS) is 10.2. The monoisotopic (exact) mass is 295 g/mol. The van der Waals surface area contributed by atoms with Crippen LogP contribution in [0.1, 0.15) is 16.1 Å². The van der Waals surface area contributed by atoms with Crippen LogP contribution in [-0.4, -0.2) is 21.1 Å². The van der Waals surface area contributed by atoms with Crippen LogP contribution in [0.25, 0.3) is 0 Å². The number of rotatable bonds is 2. The molecule has 2 rings (SSSR count). The Labute approximate surface area is 106 Å². The number of H-pyrrole nitrogens is 1. The lowest BCUT2D eigenvalue weighted by Crippen LogP contribution is -2.12. The Balaban J connectivity index is 2.15. The van der Waals surface area contributed by atoms with Crippen molar-refractivity contribution in [3.63, 3.8) is 0 Å². The number of nitrogens with one attached hydrogen (secondary N) is 2. The highest BCUT2D eigenvalue weighted by Gasteiger charge is 2.09. The second kappa shape index (κ2) is 4.54. The summed E-state index contributed by atoms with van der Waals surface area (Å²) in [4.78, 5) is 15.8. The predicted octanol–water partition coefficient (Wildman–Crippen LogP) is 1.71. The summed E-state index contributed by atoms with van der Waals surface area (Å²) in [6, 6.07) is 3.28. The first-order valence-corrected chi connectivity index (χ1v) is 5.60. The minimum Gasteiger partial charge on any atom is -0.382 e. The number of anilines is 2. The number of amides is 1. The number of hydrogen-bond donors (Lipinski definition) is 3. The van der Waals surface area contributed by atoms with E-state index in [0.717, 1.165) is 10.2 Å². The van der Waals surface area contributed by atoms with Gasteiger partial charge in [-0.1, -0.05) is 0 Å². The smallest absolute Gasteiger partial charge is 0.273 e. The van der Waals surface area contributed by atoms with Crippen LogP contribution in [0.4, 0.5) is 11.5 Å². The van der Waals surface area contributed by atoms with Gasteiger partial charge in [0.15, 0.2) is 0 Å². The number of aromatic amines is 1. The minimum absolute atomic E-state index is 0.278. The molecule has 0 spiro atoms. The number of halogens is 1. The van der Waals surface area contributed by atoms with E-state index < -0.39 is 0 Å². The van der Waals surface area contributed by atoms with Crippen LogP contribution in [0.5, 0.6) is 0 Å². The Morgan fingerprint density at radius 3 is 2.88 bits per heavy atom. The Bertz CT molecular complexity index is 566. The van der Waals surface area contributed by atoms with Crippen LogP contribution in [0.2, 0.25) is 0 Å². The fourth-order valence-electron chi connectivity index (χ4n) is 1.28. The first kappa shape index (κ1) is 11.6. The first-order valence-electron chi connectivity index (χ1n) is 4.80. The van der Waals surface area contributed by atoms with E-state index in [0.29, 0.717) is 11.4 Å². The highest BCUT2D eigenvalue weighted by Crippen LogP contribution is 2.17. The molecule has 2 aromatic rings. The van der Waals surface area contributed by atoms with Gasteiger partial charge in [0.1, 0.15) is 16.1 Å². The number of nitrogens with zero attached hydrogens (tertiary/aromatic N) is 2. The van der Waals surface area contributed by atoms with E-state index in [4.69, 9.17) is 5.73 Å². The van der Waals surface area contributed by atoms with Gasteiger partial charge >= 0.3 is 0 Å². The molecule has 0 fully saturated rings. The summed E-state index contributed by atoms with van der Waals surface area (Å²) in [6.45, 7) is 1.89. The van der Waals surface area contributed by atoms with E-state index in [1.165, 1.54) is 6.07 Å². The van der Waals surface area contributed by atoms with Crippen LogP contribution in [0.3, 0.4) is 0 Å². The molecule has 0 bridgehead atoms. The molecular weight excluding hydrogens is 286 g/mol. The van der Waals surface area contributed by atoms with Gasteiger partial charge in [-0.15, -0.1) is 0 Å². The van der Waals surface area contributed by atoms with Gasteiger partial charge in [-0.25, -0.2) is 4.98 Å². The zero-order chi connectivity index (χ0) is 12.4. The molecule has 0 aliphatic heterocycles. The van der Waals surface area contributed by atoms with E-state index in [-0.39, 0.29) is 11.7 Å². The molecule has 2 heterocycles. The third kappa shape index (κ3) is 2.62. The van der Waals surface area contributed by atoms with Gasteiger partial charge in [0, 0.05) is 6.07 Å². The maximum Gasteiger partial charge on any atom is 0.273 e. The fourth-order valence-corrected chi connectivity index (χ4v) is 1.50. The second-order valence-corrected chi connectivity index (χ2v) is 4.24. The number of hydrogen-bond acceptors (Lipinski definition) is 4. The number of nitrogens with two attached hydrogens (primary N) is 1. The summed E-state index contributed by atoms with van der Waals surface area (Å²) in [7, 11) is 0. The second-order valence-electron chi connectivity index (χ2n) is 3.49. The predicted molar refractivity (Wildman–Crippen MR) is 67.6 cm³/mol. The standard InChI is InChI=1S/C10H10BrN5O/c1-5-2-6(4-13-9(5)11)14-10(17)7-3-8(12)16-15-7/h2-4H,1H3,(H,14,17)(H3,12,15,16).